The highest BCUT2D eigenvalue weighted by Crippen LogP contribution is 2.37. The molecule has 0 unspecified atom stereocenters. The number of anilines is 1. The minimum absolute atomic E-state index is 0.000901. The molecule has 2 heterocycles. The fourth-order valence-corrected chi connectivity index (χ4v) is 2.47. The number of hydrogen-bond acceptors (Lipinski definition) is 4. The van der Waals surface area contributed by atoms with Gasteiger partial charge in [0.1, 0.15) is 23.5 Å². The number of fused-ring (bicyclic) bond motifs is 1. The third-order valence-corrected chi connectivity index (χ3v) is 3.79. The molecular formula is C15H13F2N5. The van der Waals surface area contributed by atoms with Crippen molar-refractivity contribution in [2.45, 2.75) is 25.4 Å². The largest absolute Gasteiger partial charge is 0.364 e. The quantitative estimate of drug-likeness (QED) is 0.804. The Kier molecular flexibility index (Phi) is 2.99. The lowest BCUT2D eigenvalue weighted by molar-refractivity contribution is 0.560. The van der Waals surface area contributed by atoms with Gasteiger partial charge in [-0.15, -0.1) is 0 Å². The summed E-state index contributed by atoms with van der Waals surface area (Å²) in [5.74, 6) is -0.685. The molecule has 1 fully saturated rings. The normalized spacial score (nSPS) is 14.5. The molecule has 0 amide bonds. The second kappa shape index (κ2) is 5.01. The molecule has 22 heavy (non-hydrogen) atoms. The maximum Gasteiger partial charge on any atom is 0.165 e. The molecule has 0 spiro atoms. The summed E-state index contributed by atoms with van der Waals surface area (Å²) in [6.07, 6.45) is 5.42. The number of imidazole rings is 1. The number of nitrogens with one attached hydrogen (secondary N) is 1. The van der Waals surface area contributed by atoms with Crippen molar-refractivity contribution in [3.63, 3.8) is 0 Å². The smallest absolute Gasteiger partial charge is 0.165 e. The minimum atomic E-state index is -0.582. The van der Waals surface area contributed by atoms with E-state index in [4.69, 9.17) is 0 Å². The lowest BCUT2D eigenvalue weighted by Gasteiger charge is -2.08. The molecule has 4 rings (SSSR count). The van der Waals surface area contributed by atoms with E-state index in [1.807, 2.05) is 4.57 Å². The van der Waals surface area contributed by atoms with Crippen molar-refractivity contribution in [3.05, 3.63) is 48.1 Å². The molecule has 1 aromatic carbocycles. The first-order chi connectivity index (χ1) is 10.7. The summed E-state index contributed by atoms with van der Waals surface area (Å²) >= 11 is 0. The average molecular weight is 301 g/mol. The second-order valence-electron chi connectivity index (χ2n) is 5.33. The van der Waals surface area contributed by atoms with Gasteiger partial charge in [0, 0.05) is 18.2 Å². The molecule has 1 aliphatic carbocycles. The Bertz CT molecular complexity index is 821. The lowest BCUT2D eigenvalue weighted by atomic mass is 10.2. The lowest BCUT2D eigenvalue weighted by Crippen LogP contribution is -2.06. The summed E-state index contributed by atoms with van der Waals surface area (Å²) < 4.78 is 29.3. The van der Waals surface area contributed by atoms with Crippen molar-refractivity contribution in [1.82, 2.24) is 19.5 Å². The van der Waals surface area contributed by atoms with Crippen molar-refractivity contribution >= 4 is 17.0 Å². The van der Waals surface area contributed by atoms with E-state index in [0.717, 1.165) is 18.5 Å². The monoisotopic (exact) mass is 301 g/mol. The van der Waals surface area contributed by atoms with E-state index in [0.29, 0.717) is 17.4 Å². The molecule has 1 saturated carbocycles. The van der Waals surface area contributed by atoms with Gasteiger partial charge in [0.25, 0.3) is 0 Å². The minimum Gasteiger partial charge on any atom is -0.364 e. The summed E-state index contributed by atoms with van der Waals surface area (Å²) in [7, 11) is 0. The van der Waals surface area contributed by atoms with Crippen LogP contribution in [0.15, 0.2) is 30.9 Å². The van der Waals surface area contributed by atoms with E-state index in [9.17, 15) is 8.78 Å². The summed E-state index contributed by atoms with van der Waals surface area (Å²) in [5.41, 5.74) is 1.34. The van der Waals surface area contributed by atoms with Crippen LogP contribution in [0, 0.1) is 11.6 Å². The van der Waals surface area contributed by atoms with Gasteiger partial charge in [-0.1, -0.05) is 6.07 Å². The summed E-state index contributed by atoms with van der Waals surface area (Å²) in [6.45, 7) is 0.000901. The van der Waals surface area contributed by atoms with E-state index < -0.39 is 11.6 Å². The van der Waals surface area contributed by atoms with Gasteiger partial charge in [-0.25, -0.2) is 23.7 Å². The zero-order valence-corrected chi connectivity index (χ0v) is 11.6. The van der Waals surface area contributed by atoms with Gasteiger partial charge in [-0.2, -0.15) is 0 Å². The second-order valence-corrected chi connectivity index (χ2v) is 5.33. The van der Waals surface area contributed by atoms with Crippen molar-refractivity contribution in [2.24, 2.45) is 0 Å². The molecule has 0 atom stereocenters. The van der Waals surface area contributed by atoms with E-state index in [-0.39, 0.29) is 12.1 Å². The van der Waals surface area contributed by atoms with Gasteiger partial charge in [0.05, 0.1) is 6.33 Å². The van der Waals surface area contributed by atoms with Gasteiger partial charge in [0.15, 0.2) is 11.5 Å². The fourth-order valence-electron chi connectivity index (χ4n) is 2.47. The van der Waals surface area contributed by atoms with E-state index in [2.05, 4.69) is 20.3 Å². The van der Waals surface area contributed by atoms with Crippen molar-refractivity contribution in [3.8, 4) is 0 Å². The molecule has 1 N–H and O–H groups in total. The molecule has 0 bridgehead atoms. The predicted octanol–water partition coefficient (Wildman–Crippen LogP) is 3.05. The number of nitrogens with zero attached hydrogens (tertiary/aromatic N) is 4. The third kappa shape index (κ3) is 2.18. The molecule has 2 aromatic heterocycles. The van der Waals surface area contributed by atoms with Crippen LogP contribution >= 0.6 is 0 Å². The molecule has 0 radical (unpaired) electrons. The maximum absolute atomic E-state index is 13.7. The predicted molar refractivity (Wildman–Crippen MR) is 77.3 cm³/mol. The highest BCUT2D eigenvalue weighted by molar-refractivity contribution is 5.82. The number of hydrogen-bond donors (Lipinski definition) is 1. The first-order valence-corrected chi connectivity index (χ1v) is 7.08. The molecule has 0 aliphatic heterocycles. The van der Waals surface area contributed by atoms with Gasteiger partial charge < -0.3 is 9.88 Å². The number of rotatable bonds is 4. The average Bonchev–Trinajstić information content (AvgIpc) is 3.26. The molecule has 3 aromatic rings. The van der Waals surface area contributed by atoms with E-state index in [1.165, 1.54) is 24.5 Å². The van der Waals surface area contributed by atoms with Gasteiger partial charge >= 0.3 is 0 Å². The van der Waals surface area contributed by atoms with Crippen LogP contribution in [0.2, 0.25) is 0 Å². The van der Waals surface area contributed by atoms with Gasteiger partial charge in [0.2, 0.25) is 0 Å². The van der Waals surface area contributed by atoms with Crippen LogP contribution in [0.4, 0.5) is 14.6 Å². The molecule has 0 saturated heterocycles. The molecule has 1 aliphatic rings. The fraction of sp³-hybridized carbons (Fsp3) is 0.267. The van der Waals surface area contributed by atoms with Gasteiger partial charge in [-0.05, 0) is 25.0 Å². The Morgan fingerprint density at radius 3 is 2.64 bits per heavy atom. The first-order valence-electron chi connectivity index (χ1n) is 7.08. The van der Waals surface area contributed by atoms with Crippen LogP contribution in [-0.4, -0.2) is 19.5 Å². The van der Waals surface area contributed by atoms with Crippen molar-refractivity contribution in [1.29, 1.82) is 0 Å². The van der Waals surface area contributed by atoms with Crippen molar-refractivity contribution in [2.75, 3.05) is 5.32 Å². The van der Waals surface area contributed by atoms with Crippen LogP contribution in [0.25, 0.3) is 11.2 Å². The van der Waals surface area contributed by atoms with Crippen LogP contribution < -0.4 is 5.32 Å². The Balaban J connectivity index is 1.64. The van der Waals surface area contributed by atoms with Crippen molar-refractivity contribution < 1.29 is 8.78 Å². The van der Waals surface area contributed by atoms with Crippen LogP contribution in [0.3, 0.4) is 0 Å². The SMILES string of the molecule is Fc1cccc(F)c1CNc1ncnc2c1ncn2C1CC1. The maximum atomic E-state index is 13.7. The number of benzene rings is 1. The Hall–Kier alpha value is -2.57. The third-order valence-electron chi connectivity index (χ3n) is 3.79. The topological polar surface area (TPSA) is 55.6 Å². The number of aromatic nitrogens is 4. The summed E-state index contributed by atoms with van der Waals surface area (Å²) in [4.78, 5) is 12.7. The Labute approximate surface area is 125 Å². The number of halogens is 2. The van der Waals surface area contributed by atoms with Crippen LogP contribution in [0.5, 0.6) is 0 Å². The van der Waals surface area contributed by atoms with Crippen LogP contribution in [0.1, 0.15) is 24.4 Å². The van der Waals surface area contributed by atoms with Crippen LogP contribution in [-0.2, 0) is 6.54 Å². The summed E-state index contributed by atoms with van der Waals surface area (Å²) in [5, 5.41) is 2.95. The Morgan fingerprint density at radius 1 is 1.14 bits per heavy atom. The standard InChI is InChI=1S/C15H13F2N5/c16-11-2-1-3-12(17)10(11)6-18-14-13-15(20-7-19-14)22(8-21-13)9-4-5-9/h1-3,7-9H,4-6H2,(H,18,19,20). The molecular weight excluding hydrogens is 288 g/mol. The zero-order valence-electron chi connectivity index (χ0n) is 11.6. The zero-order chi connectivity index (χ0) is 15.1. The molecule has 7 heteroatoms. The molecule has 112 valence electrons. The van der Waals surface area contributed by atoms with E-state index in [1.54, 1.807) is 6.33 Å². The van der Waals surface area contributed by atoms with Gasteiger partial charge in [-0.3, -0.25) is 0 Å². The van der Waals surface area contributed by atoms with E-state index >= 15 is 0 Å². The molecule has 5 nitrogen and oxygen atoms in total. The Morgan fingerprint density at radius 2 is 1.91 bits per heavy atom. The highest BCUT2D eigenvalue weighted by atomic mass is 19.1. The summed E-state index contributed by atoms with van der Waals surface area (Å²) in [6, 6.07) is 4.26. The highest BCUT2D eigenvalue weighted by Gasteiger charge is 2.26. The first kappa shape index (κ1) is 13.1.